The summed E-state index contributed by atoms with van der Waals surface area (Å²) in [5, 5.41) is 7.82. The number of hydrogen-bond donors (Lipinski definition) is 0. The van der Waals surface area contributed by atoms with Crippen LogP contribution < -0.4 is 4.74 Å². The van der Waals surface area contributed by atoms with Crippen LogP contribution in [0.2, 0.25) is 0 Å². The van der Waals surface area contributed by atoms with E-state index in [1.807, 2.05) is 30.3 Å². The van der Waals surface area contributed by atoms with E-state index in [1.165, 1.54) is 11.8 Å². The lowest BCUT2D eigenvalue weighted by Crippen LogP contribution is -2.10. The van der Waals surface area contributed by atoms with Gasteiger partial charge in [-0.3, -0.25) is 0 Å². The van der Waals surface area contributed by atoms with Crippen molar-refractivity contribution in [2.24, 2.45) is 0 Å². The highest BCUT2D eigenvalue weighted by atomic mass is 19.1. The lowest BCUT2D eigenvalue weighted by atomic mass is 10.2. The van der Waals surface area contributed by atoms with Gasteiger partial charge in [-0.2, -0.15) is 0 Å². The van der Waals surface area contributed by atoms with Gasteiger partial charge in [-0.25, -0.2) is 13.9 Å². The standard InChI is InChI=1S/C19H18FN3O3/c1-13-18(19(24)26-12-14-7-4-3-5-8-14)21-22-23(13)11-15-9-6-10-16(25-2)17(15)20/h3-10H,11-12H2,1-2H3. The van der Waals surface area contributed by atoms with E-state index in [1.54, 1.807) is 25.1 Å². The van der Waals surface area contributed by atoms with E-state index in [0.29, 0.717) is 11.3 Å². The third-order valence-corrected chi connectivity index (χ3v) is 3.97. The van der Waals surface area contributed by atoms with Crippen molar-refractivity contribution in [3.8, 4) is 5.75 Å². The van der Waals surface area contributed by atoms with Crippen LogP contribution >= 0.6 is 0 Å². The van der Waals surface area contributed by atoms with Gasteiger partial charge in [0.05, 0.1) is 19.3 Å². The molecule has 134 valence electrons. The third-order valence-electron chi connectivity index (χ3n) is 3.97. The first-order valence-electron chi connectivity index (χ1n) is 8.02. The Bertz CT molecular complexity index is 910. The van der Waals surface area contributed by atoms with Gasteiger partial charge >= 0.3 is 5.97 Å². The van der Waals surface area contributed by atoms with E-state index in [2.05, 4.69) is 10.3 Å². The molecule has 0 N–H and O–H groups in total. The van der Waals surface area contributed by atoms with Gasteiger partial charge in [-0.15, -0.1) is 5.10 Å². The maximum atomic E-state index is 14.3. The molecule has 0 fully saturated rings. The molecule has 6 nitrogen and oxygen atoms in total. The van der Waals surface area contributed by atoms with Crippen LogP contribution in [-0.2, 0) is 17.9 Å². The highest BCUT2D eigenvalue weighted by Gasteiger charge is 2.19. The third kappa shape index (κ3) is 3.72. The topological polar surface area (TPSA) is 66.2 Å². The lowest BCUT2D eigenvalue weighted by molar-refractivity contribution is 0.0464. The highest BCUT2D eigenvalue weighted by molar-refractivity contribution is 5.88. The fourth-order valence-corrected chi connectivity index (χ4v) is 2.49. The quantitative estimate of drug-likeness (QED) is 0.636. The summed E-state index contributed by atoms with van der Waals surface area (Å²) in [6.07, 6.45) is 0. The predicted octanol–water partition coefficient (Wildman–Crippen LogP) is 3.14. The molecular weight excluding hydrogens is 337 g/mol. The van der Waals surface area contributed by atoms with E-state index in [-0.39, 0.29) is 24.6 Å². The summed E-state index contributed by atoms with van der Waals surface area (Å²) >= 11 is 0. The largest absolute Gasteiger partial charge is 0.494 e. The minimum atomic E-state index is -0.566. The SMILES string of the molecule is COc1cccc(Cn2nnc(C(=O)OCc3ccccc3)c2C)c1F. The number of carbonyl (C=O) groups is 1. The zero-order chi connectivity index (χ0) is 18.5. The Morgan fingerprint density at radius 1 is 1.15 bits per heavy atom. The molecule has 0 radical (unpaired) electrons. The van der Waals surface area contributed by atoms with Gasteiger partial charge in [0.15, 0.2) is 17.3 Å². The zero-order valence-electron chi connectivity index (χ0n) is 14.5. The van der Waals surface area contributed by atoms with Gasteiger partial charge < -0.3 is 9.47 Å². The molecule has 0 saturated carbocycles. The molecule has 0 bridgehead atoms. The number of benzene rings is 2. The molecule has 0 amide bonds. The molecule has 0 unspecified atom stereocenters. The minimum Gasteiger partial charge on any atom is -0.494 e. The molecule has 2 aromatic carbocycles. The Kier molecular flexibility index (Phi) is 5.26. The predicted molar refractivity (Wildman–Crippen MR) is 92.4 cm³/mol. The van der Waals surface area contributed by atoms with E-state index in [0.717, 1.165) is 5.56 Å². The van der Waals surface area contributed by atoms with Crippen LogP contribution in [0.15, 0.2) is 48.5 Å². The van der Waals surface area contributed by atoms with Crippen molar-refractivity contribution in [2.45, 2.75) is 20.1 Å². The Morgan fingerprint density at radius 2 is 1.92 bits per heavy atom. The Labute approximate surface area is 150 Å². The number of aromatic nitrogens is 3. The highest BCUT2D eigenvalue weighted by Crippen LogP contribution is 2.21. The number of hydrogen-bond acceptors (Lipinski definition) is 5. The van der Waals surface area contributed by atoms with E-state index >= 15 is 0 Å². The van der Waals surface area contributed by atoms with Crippen molar-refractivity contribution in [1.29, 1.82) is 0 Å². The number of nitrogens with zero attached hydrogens (tertiary/aromatic N) is 3. The summed E-state index contributed by atoms with van der Waals surface area (Å²) in [6, 6.07) is 14.2. The molecule has 1 aromatic heterocycles. The van der Waals surface area contributed by atoms with E-state index < -0.39 is 11.8 Å². The van der Waals surface area contributed by atoms with Crippen molar-refractivity contribution in [2.75, 3.05) is 7.11 Å². The Morgan fingerprint density at radius 3 is 2.65 bits per heavy atom. The van der Waals surface area contributed by atoms with Crippen molar-refractivity contribution in [1.82, 2.24) is 15.0 Å². The lowest BCUT2D eigenvalue weighted by Gasteiger charge is -2.08. The number of ether oxygens (including phenoxy) is 2. The average Bonchev–Trinajstić information content (AvgIpc) is 3.03. The first-order valence-corrected chi connectivity index (χ1v) is 8.02. The van der Waals surface area contributed by atoms with Crippen LogP contribution in [-0.4, -0.2) is 28.1 Å². The second kappa shape index (κ2) is 7.77. The molecule has 3 rings (SSSR count). The Balaban J connectivity index is 1.72. The fourth-order valence-electron chi connectivity index (χ4n) is 2.49. The smallest absolute Gasteiger partial charge is 0.361 e. The van der Waals surface area contributed by atoms with Gasteiger partial charge in [0.2, 0.25) is 0 Å². The van der Waals surface area contributed by atoms with Crippen LogP contribution in [0.4, 0.5) is 4.39 Å². The maximum Gasteiger partial charge on any atom is 0.361 e. The number of halogens is 1. The van der Waals surface area contributed by atoms with Crippen LogP contribution in [0.1, 0.15) is 27.3 Å². The van der Waals surface area contributed by atoms with Gasteiger partial charge in [-0.1, -0.05) is 47.7 Å². The molecule has 0 aliphatic carbocycles. The van der Waals surface area contributed by atoms with Gasteiger partial charge in [-0.05, 0) is 18.6 Å². The number of rotatable bonds is 6. The molecule has 3 aromatic rings. The first-order chi connectivity index (χ1) is 12.6. The molecule has 26 heavy (non-hydrogen) atoms. The molecular formula is C19H18FN3O3. The summed E-state index contributed by atoms with van der Waals surface area (Å²) in [5.41, 5.74) is 1.89. The zero-order valence-corrected chi connectivity index (χ0v) is 14.5. The average molecular weight is 355 g/mol. The van der Waals surface area contributed by atoms with Crippen molar-refractivity contribution in [3.05, 3.63) is 76.9 Å². The second-order valence-corrected chi connectivity index (χ2v) is 5.68. The van der Waals surface area contributed by atoms with Crippen molar-refractivity contribution in [3.63, 3.8) is 0 Å². The summed E-state index contributed by atoms with van der Waals surface area (Å²) < 4.78 is 26.0. The normalized spacial score (nSPS) is 10.6. The number of methoxy groups -OCH3 is 1. The van der Waals surface area contributed by atoms with Crippen molar-refractivity contribution >= 4 is 5.97 Å². The molecule has 0 spiro atoms. The van der Waals surface area contributed by atoms with Gasteiger partial charge in [0.1, 0.15) is 6.61 Å². The number of esters is 1. The van der Waals surface area contributed by atoms with E-state index in [9.17, 15) is 9.18 Å². The molecule has 0 saturated heterocycles. The minimum absolute atomic E-state index is 0.115. The maximum absolute atomic E-state index is 14.3. The summed E-state index contributed by atoms with van der Waals surface area (Å²) in [4.78, 5) is 12.2. The number of carbonyl (C=O) groups excluding carboxylic acids is 1. The van der Waals surface area contributed by atoms with Crippen LogP contribution in [0.5, 0.6) is 5.75 Å². The first kappa shape index (κ1) is 17.6. The van der Waals surface area contributed by atoms with Crippen LogP contribution in [0, 0.1) is 12.7 Å². The molecule has 0 aliphatic heterocycles. The van der Waals surface area contributed by atoms with Gasteiger partial charge in [0.25, 0.3) is 0 Å². The molecule has 7 heteroatoms. The summed E-state index contributed by atoms with van der Waals surface area (Å²) in [7, 11) is 1.41. The fraction of sp³-hybridized carbons (Fsp3) is 0.211. The Hall–Kier alpha value is -3.22. The molecule has 1 heterocycles. The monoisotopic (exact) mass is 355 g/mol. The molecule has 0 aliphatic rings. The van der Waals surface area contributed by atoms with Crippen LogP contribution in [0.25, 0.3) is 0 Å². The van der Waals surface area contributed by atoms with Gasteiger partial charge in [0, 0.05) is 5.56 Å². The summed E-state index contributed by atoms with van der Waals surface area (Å²) in [6.45, 7) is 1.97. The second-order valence-electron chi connectivity index (χ2n) is 5.68. The van der Waals surface area contributed by atoms with Crippen LogP contribution in [0.3, 0.4) is 0 Å². The molecule has 0 atom stereocenters. The van der Waals surface area contributed by atoms with E-state index in [4.69, 9.17) is 9.47 Å². The summed E-state index contributed by atoms with van der Waals surface area (Å²) in [5.74, 6) is -0.871. The van der Waals surface area contributed by atoms with Crippen molar-refractivity contribution < 1.29 is 18.7 Å².